The van der Waals surface area contributed by atoms with Gasteiger partial charge in [-0.25, -0.2) is 8.78 Å². The van der Waals surface area contributed by atoms with Crippen LogP contribution in [0, 0.1) is 21.7 Å². The molecule has 9 heteroatoms. The van der Waals surface area contributed by atoms with Gasteiger partial charge in [0.1, 0.15) is 5.69 Å². The molecule has 1 amide bonds. The number of amides is 1. The van der Waals surface area contributed by atoms with E-state index in [2.05, 4.69) is 10.6 Å². The normalized spacial score (nSPS) is 10.2. The van der Waals surface area contributed by atoms with E-state index in [1.165, 1.54) is 18.2 Å². The van der Waals surface area contributed by atoms with Crippen molar-refractivity contribution in [2.24, 2.45) is 0 Å². The number of nitro groups is 1. The van der Waals surface area contributed by atoms with Gasteiger partial charge in [-0.05, 0) is 24.3 Å². The minimum atomic E-state index is -1.09. The van der Waals surface area contributed by atoms with Crippen LogP contribution >= 0.6 is 11.6 Å². The number of anilines is 2. The molecular formula is C14H10ClF2N3O3. The van der Waals surface area contributed by atoms with Crippen LogP contribution in [-0.4, -0.2) is 17.4 Å². The van der Waals surface area contributed by atoms with Gasteiger partial charge in [0.25, 0.3) is 5.69 Å². The van der Waals surface area contributed by atoms with E-state index in [0.29, 0.717) is 0 Å². The molecule has 0 heterocycles. The van der Waals surface area contributed by atoms with E-state index in [4.69, 9.17) is 11.6 Å². The van der Waals surface area contributed by atoms with E-state index >= 15 is 0 Å². The van der Waals surface area contributed by atoms with Crippen LogP contribution in [-0.2, 0) is 4.79 Å². The Kier molecular flexibility index (Phi) is 5.07. The summed E-state index contributed by atoms with van der Waals surface area (Å²) in [6, 6.07) is 6.86. The number of rotatable bonds is 5. The van der Waals surface area contributed by atoms with E-state index in [0.717, 1.165) is 18.2 Å². The Morgan fingerprint density at radius 3 is 2.57 bits per heavy atom. The topological polar surface area (TPSA) is 84.3 Å². The Hall–Kier alpha value is -2.74. The molecule has 0 bridgehead atoms. The molecule has 6 nitrogen and oxygen atoms in total. The molecular weight excluding hydrogens is 332 g/mol. The number of halogens is 3. The van der Waals surface area contributed by atoms with Gasteiger partial charge in [0.15, 0.2) is 11.6 Å². The summed E-state index contributed by atoms with van der Waals surface area (Å²) in [5.41, 5.74) is -0.0979. The predicted octanol–water partition coefficient (Wildman–Crippen LogP) is 3.58. The molecule has 0 saturated carbocycles. The van der Waals surface area contributed by atoms with Gasteiger partial charge in [-0.15, -0.1) is 0 Å². The maximum absolute atomic E-state index is 13.0. The standard InChI is InChI=1S/C14H10ClF2N3O3/c15-8-1-4-12(13(5-8)20(22)23)18-7-14(21)19-9-2-3-10(16)11(17)6-9/h1-6,18H,7H2,(H,19,21). The Balaban J connectivity index is 2.02. The minimum Gasteiger partial charge on any atom is -0.371 e. The van der Waals surface area contributed by atoms with Crippen molar-refractivity contribution >= 4 is 34.6 Å². The Morgan fingerprint density at radius 2 is 1.91 bits per heavy atom. The van der Waals surface area contributed by atoms with Crippen molar-refractivity contribution in [2.75, 3.05) is 17.2 Å². The van der Waals surface area contributed by atoms with Gasteiger partial charge in [0.05, 0.1) is 11.5 Å². The van der Waals surface area contributed by atoms with E-state index in [9.17, 15) is 23.7 Å². The summed E-state index contributed by atoms with van der Waals surface area (Å²) in [7, 11) is 0. The van der Waals surface area contributed by atoms with Crippen LogP contribution in [0.3, 0.4) is 0 Å². The van der Waals surface area contributed by atoms with E-state index < -0.39 is 22.5 Å². The third kappa shape index (κ3) is 4.36. The Bertz CT molecular complexity index is 771. The lowest BCUT2D eigenvalue weighted by molar-refractivity contribution is -0.383. The monoisotopic (exact) mass is 341 g/mol. The summed E-state index contributed by atoms with van der Waals surface area (Å²) < 4.78 is 25.8. The van der Waals surface area contributed by atoms with Crippen LogP contribution in [0.15, 0.2) is 36.4 Å². The quantitative estimate of drug-likeness (QED) is 0.643. The summed E-state index contributed by atoms with van der Waals surface area (Å²) in [5, 5.41) is 16.0. The average molecular weight is 342 g/mol. The van der Waals surface area contributed by atoms with Gasteiger partial charge in [-0.1, -0.05) is 11.6 Å². The molecule has 0 saturated heterocycles. The molecule has 0 spiro atoms. The van der Waals surface area contributed by atoms with Gasteiger partial charge in [0, 0.05) is 22.8 Å². The lowest BCUT2D eigenvalue weighted by Crippen LogP contribution is -2.22. The minimum absolute atomic E-state index is 0.0707. The second-order valence-corrected chi connectivity index (χ2v) is 4.89. The van der Waals surface area contributed by atoms with E-state index in [1.54, 1.807) is 0 Å². The SMILES string of the molecule is O=C(CNc1ccc(Cl)cc1[N+](=O)[O-])Nc1ccc(F)c(F)c1. The summed E-state index contributed by atoms with van der Waals surface area (Å²) in [4.78, 5) is 22.0. The summed E-state index contributed by atoms with van der Waals surface area (Å²) in [5.74, 6) is -2.71. The highest BCUT2D eigenvalue weighted by Crippen LogP contribution is 2.27. The Labute approximate surface area is 134 Å². The maximum atomic E-state index is 13.0. The van der Waals surface area contributed by atoms with Gasteiger partial charge in [-0.2, -0.15) is 0 Å². The van der Waals surface area contributed by atoms with Crippen LogP contribution in [0.25, 0.3) is 0 Å². The number of nitrogens with one attached hydrogen (secondary N) is 2. The van der Waals surface area contributed by atoms with E-state index in [1.807, 2.05) is 0 Å². The van der Waals surface area contributed by atoms with Crippen molar-refractivity contribution in [2.45, 2.75) is 0 Å². The van der Waals surface area contributed by atoms with Crippen molar-refractivity contribution < 1.29 is 18.5 Å². The fraction of sp³-hybridized carbons (Fsp3) is 0.0714. The van der Waals surface area contributed by atoms with Crippen LogP contribution < -0.4 is 10.6 Å². The molecule has 120 valence electrons. The molecule has 2 rings (SSSR count). The fourth-order valence-electron chi connectivity index (χ4n) is 1.76. The van der Waals surface area contributed by atoms with Crippen molar-refractivity contribution in [3.63, 3.8) is 0 Å². The molecule has 0 fully saturated rings. The third-order valence-corrected chi connectivity index (χ3v) is 3.03. The number of nitrogens with zero attached hydrogens (tertiary/aromatic N) is 1. The van der Waals surface area contributed by atoms with Crippen LogP contribution in [0.4, 0.5) is 25.8 Å². The molecule has 0 unspecified atom stereocenters. The number of carbonyl (C=O) groups is 1. The molecule has 0 aromatic heterocycles. The van der Waals surface area contributed by atoms with Crippen LogP contribution in [0.2, 0.25) is 5.02 Å². The van der Waals surface area contributed by atoms with Gasteiger partial charge in [0.2, 0.25) is 5.91 Å². The third-order valence-electron chi connectivity index (χ3n) is 2.80. The highest BCUT2D eigenvalue weighted by Gasteiger charge is 2.15. The molecule has 0 aliphatic carbocycles. The lowest BCUT2D eigenvalue weighted by atomic mass is 10.2. The van der Waals surface area contributed by atoms with Gasteiger partial charge >= 0.3 is 0 Å². The largest absolute Gasteiger partial charge is 0.371 e. The Morgan fingerprint density at radius 1 is 1.17 bits per heavy atom. The average Bonchev–Trinajstić information content (AvgIpc) is 2.49. The van der Waals surface area contributed by atoms with Crippen LogP contribution in [0.1, 0.15) is 0 Å². The second kappa shape index (κ2) is 7.01. The number of carbonyl (C=O) groups excluding carboxylic acids is 1. The molecule has 2 aromatic rings. The first-order valence-electron chi connectivity index (χ1n) is 6.29. The molecule has 0 aliphatic rings. The molecule has 23 heavy (non-hydrogen) atoms. The first kappa shape index (κ1) is 16.6. The zero-order valence-corrected chi connectivity index (χ0v) is 12.2. The lowest BCUT2D eigenvalue weighted by Gasteiger charge is -2.08. The maximum Gasteiger partial charge on any atom is 0.293 e. The first-order valence-corrected chi connectivity index (χ1v) is 6.67. The van der Waals surface area contributed by atoms with Crippen molar-refractivity contribution in [3.05, 3.63) is 63.2 Å². The summed E-state index contributed by atoms with van der Waals surface area (Å²) in [6.07, 6.45) is 0. The number of benzene rings is 2. The highest BCUT2D eigenvalue weighted by atomic mass is 35.5. The molecule has 0 aliphatic heterocycles. The molecule has 0 atom stereocenters. The predicted molar refractivity (Wildman–Crippen MR) is 81.6 cm³/mol. The summed E-state index contributed by atoms with van der Waals surface area (Å²) >= 11 is 5.68. The van der Waals surface area contributed by atoms with Gasteiger partial charge < -0.3 is 10.6 Å². The summed E-state index contributed by atoms with van der Waals surface area (Å²) in [6.45, 7) is -0.304. The van der Waals surface area contributed by atoms with Crippen molar-refractivity contribution in [1.29, 1.82) is 0 Å². The van der Waals surface area contributed by atoms with Crippen molar-refractivity contribution in [3.8, 4) is 0 Å². The van der Waals surface area contributed by atoms with Crippen molar-refractivity contribution in [1.82, 2.24) is 0 Å². The van der Waals surface area contributed by atoms with Gasteiger partial charge in [-0.3, -0.25) is 14.9 Å². The van der Waals surface area contributed by atoms with Crippen LogP contribution in [0.5, 0.6) is 0 Å². The first-order chi connectivity index (χ1) is 10.9. The number of nitro benzene ring substituents is 1. The number of hydrogen-bond acceptors (Lipinski definition) is 4. The smallest absolute Gasteiger partial charge is 0.293 e. The zero-order valence-electron chi connectivity index (χ0n) is 11.5. The number of hydrogen-bond donors (Lipinski definition) is 2. The molecule has 0 radical (unpaired) electrons. The highest BCUT2D eigenvalue weighted by molar-refractivity contribution is 6.30. The van der Waals surface area contributed by atoms with E-state index in [-0.39, 0.29) is 28.6 Å². The zero-order chi connectivity index (χ0) is 17.0. The fourth-order valence-corrected chi connectivity index (χ4v) is 1.93. The molecule has 2 aromatic carbocycles. The second-order valence-electron chi connectivity index (χ2n) is 4.45. The molecule has 2 N–H and O–H groups in total.